The molecular formula is C21H20O8. The maximum atomic E-state index is 12.4. The number of rotatable bonds is 6. The molecule has 29 heavy (non-hydrogen) atoms. The first-order valence-electron chi connectivity index (χ1n) is 8.84. The van der Waals surface area contributed by atoms with Crippen LogP contribution >= 0.6 is 0 Å². The van der Waals surface area contributed by atoms with E-state index in [1.54, 1.807) is 24.3 Å². The van der Waals surface area contributed by atoms with Crippen molar-refractivity contribution in [2.75, 3.05) is 14.2 Å². The lowest BCUT2D eigenvalue weighted by atomic mass is 10.1. The number of esters is 2. The first-order chi connectivity index (χ1) is 13.8. The molecule has 0 unspecified atom stereocenters. The van der Waals surface area contributed by atoms with E-state index in [0.29, 0.717) is 16.2 Å². The minimum absolute atomic E-state index is 0.190. The summed E-state index contributed by atoms with van der Waals surface area (Å²) in [5.74, 6) is -0.696. The zero-order chi connectivity index (χ0) is 21.1. The number of hydrogen-bond acceptors (Lipinski definition) is 8. The van der Waals surface area contributed by atoms with E-state index in [1.165, 1.54) is 40.2 Å². The number of carbonyl (C=O) groups is 2. The van der Waals surface area contributed by atoms with Gasteiger partial charge in [0.05, 0.1) is 25.0 Å². The van der Waals surface area contributed by atoms with Crippen LogP contribution in [0.5, 0.6) is 11.5 Å². The van der Waals surface area contributed by atoms with E-state index in [0.717, 1.165) is 0 Å². The van der Waals surface area contributed by atoms with E-state index in [-0.39, 0.29) is 17.1 Å². The molecule has 0 saturated heterocycles. The molecule has 0 radical (unpaired) electrons. The van der Waals surface area contributed by atoms with E-state index in [2.05, 4.69) is 4.74 Å². The van der Waals surface area contributed by atoms with Crippen LogP contribution in [-0.2, 0) is 19.1 Å². The van der Waals surface area contributed by atoms with E-state index in [1.807, 2.05) is 0 Å². The van der Waals surface area contributed by atoms with Crippen LogP contribution in [0.25, 0.3) is 21.7 Å². The SMILES string of the molecule is COC(=O)[C@H](C)Oc1cc(O[C@@H](C)C(=O)OC)c2c(c1)oc(=O)c1ccccc12. The molecule has 0 aliphatic heterocycles. The van der Waals surface area contributed by atoms with Gasteiger partial charge in [-0.15, -0.1) is 0 Å². The largest absolute Gasteiger partial charge is 0.479 e. The van der Waals surface area contributed by atoms with Crippen LogP contribution in [-0.4, -0.2) is 38.4 Å². The average Bonchev–Trinajstić information content (AvgIpc) is 2.72. The predicted octanol–water partition coefficient (Wildman–Crippen LogP) is 2.83. The summed E-state index contributed by atoms with van der Waals surface area (Å²) in [6, 6.07) is 9.89. The average molecular weight is 400 g/mol. The topological polar surface area (TPSA) is 101 Å². The van der Waals surface area contributed by atoms with Gasteiger partial charge in [0.1, 0.15) is 17.1 Å². The van der Waals surface area contributed by atoms with Crippen molar-refractivity contribution in [3.63, 3.8) is 0 Å². The van der Waals surface area contributed by atoms with Crippen LogP contribution in [0.2, 0.25) is 0 Å². The molecule has 0 bridgehead atoms. The Morgan fingerprint density at radius 3 is 2.10 bits per heavy atom. The van der Waals surface area contributed by atoms with Gasteiger partial charge in [-0.2, -0.15) is 0 Å². The first kappa shape index (κ1) is 20.2. The molecule has 3 aromatic rings. The second kappa shape index (κ2) is 8.22. The summed E-state index contributed by atoms with van der Waals surface area (Å²) < 4.78 is 26.2. The Labute approximate surface area is 165 Å². The molecular weight excluding hydrogens is 380 g/mol. The van der Waals surface area contributed by atoms with Gasteiger partial charge in [0.25, 0.3) is 0 Å². The number of fused-ring (bicyclic) bond motifs is 3. The molecule has 0 aliphatic carbocycles. The van der Waals surface area contributed by atoms with Gasteiger partial charge >= 0.3 is 17.6 Å². The quantitative estimate of drug-likeness (QED) is 0.354. The fourth-order valence-corrected chi connectivity index (χ4v) is 2.93. The second-order valence-electron chi connectivity index (χ2n) is 6.30. The van der Waals surface area contributed by atoms with Crippen molar-refractivity contribution in [2.45, 2.75) is 26.1 Å². The molecule has 1 aromatic heterocycles. The van der Waals surface area contributed by atoms with Gasteiger partial charge in [-0.1, -0.05) is 18.2 Å². The molecule has 0 saturated carbocycles. The van der Waals surface area contributed by atoms with Crippen LogP contribution in [0.1, 0.15) is 13.8 Å². The van der Waals surface area contributed by atoms with Crippen LogP contribution in [0.4, 0.5) is 0 Å². The zero-order valence-corrected chi connectivity index (χ0v) is 16.4. The van der Waals surface area contributed by atoms with Crippen molar-refractivity contribution in [3.8, 4) is 11.5 Å². The van der Waals surface area contributed by atoms with E-state index in [4.69, 9.17) is 18.6 Å². The highest BCUT2D eigenvalue weighted by atomic mass is 16.6. The standard InChI is InChI=1S/C21H20O8/c1-11(19(22)25-3)27-13-9-16(28-12(2)20(23)26-4)18-14-7-5-6-8-15(14)21(24)29-17(18)10-13/h5-12H,1-4H3/t11-,12-/m0/s1. The number of hydrogen-bond donors (Lipinski definition) is 0. The summed E-state index contributed by atoms with van der Waals surface area (Å²) in [5.41, 5.74) is -0.339. The van der Waals surface area contributed by atoms with E-state index < -0.39 is 29.8 Å². The lowest BCUT2D eigenvalue weighted by Gasteiger charge is -2.18. The Kier molecular flexibility index (Phi) is 5.72. The fourth-order valence-electron chi connectivity index (χ4n) is 2.93. The highest BCUT2D eigenvalue weighted by molar-refractivity contribution is 6.08. The maximum Gasteiger partial charge on any atom is 0.346 e. The normalized spacial score (nSPS) is 13.0. The molecule has 152 valence electrons. The van der Waals surface area contributed by atoms with E-state index in [9.17, 15) is 14.4 Å². The van der Waals surface area contributed by atoms with Crippen LogP contribution in [0.3, 0.4) is 0 Å². The lowest BCUT2D eigenvalue weighted by molar-refractivity contribution is -0.148. The highest BCUT2D eigenvalue weighted by Crippen LogP contribution is 2.36. The Balaban J connectivity index is 2.21. The Hall–Kier alpha value is -3.55. The maximum absolute atomic E-state index is 12.4. The lowest BCUT2D eigenvalue weighted by Crippen LogP contribution is -2.26. The molecule has 3 rings (SSSR count). The second-order valence-corrected chi connectivity index (χ2v) is 6.30. The van der Waals surface area contributed by atoms with Gasteiger partial charge in [-0.05, 0) is 19.9 Å². The van der Waals surface area contributed by atoms with E-state index >= 15 is 0 Å². The monoisotopic (exact) mass is 400 g/mol. The summed E-state index contributed by atoms with van der Waals surface area (Å²) in [6.07, 6.45) is -1.84. The third-order valence-corrected chi connectivity index (χ3v) is 4.34. The fraction of sp³-hybridized carbons (Fsp3) is 0.286. The minimum Gasteiger partial charge on any atom is -0.479 e. The Bertz CT molecular complexity index is 1130. The van der Waals surface area contributed by atoms with Gasteiger partial charge < -0.3 is 23.4 Å². The summed E-state index contributed by atoms with van der Waals surface area (Å²) in [6.45, 7) is 3.05. The molecule has 2 aromatic carbocycles. The molecule has 8 heteroatoms. The number of benzene rings is 2. The van der Waals surface area contributed by atoms with Crippen molar-refractivity contribution in [3.05, 3.63) is 46.8 Å². The van der Waals surface area contributed by atoms with Crippen molar-refractivity contribution < 1.29 is 33.0 Å². The number of methoxy groups -OCH3 is 2. The van der Waals surface area contributed by atoms with Gasteiger partial charge in [-0.3, -0.25) is 0 Å². The summed E-state index contributed by atoms with van der Waals surface area (Å²) in [7, 11) is 2.51. The highest BCUT2D eigenvalue weighted by Gasteiger charge is 2.22. The van der Waals surface area contributed by atoms with Crippen molar-refractivity contribution >= 4 is 33.7 Å². The zero-order valence-electron chi connectivity index (χ0n) is 16.4. The van der Waals surface area contributed by atoms with Crippen LogP contribution in [0.15, 0.2) is 45.6 Å². The van der Waals surface area contributed by atoms with Crippen molar-refractivity contribution in [1.82, 2.24) is 0 Å². The van der Waals surface area contributed by atoms with Gasteiger partial charge in [-0.25, -0.2) is 14.4 Å². The summed E-state index contributed by atoms with van der Waals surface area (Å²) in [5, 5.41) is 1.46. The van der Waals surface area contributed by atoms with Gasteiger partial charge in [0.15, 0.2) is 12.2 Å². The smallest absolute Gasteiger partial charge is 0.346 e. The van der Waals surface area contributed by atoms with Crippen molar-refractivity contribution in [1.29, 1.82) is 0 Å². The Morgan fingerprint density at radius 1 is 0.897 bits per heavy atom. The molecule has 0 amide bonds. The summed E-state index contributed by atoms with van der Waals surface area (Å²) >= 11 is 0. The molecule has 8 nitrogen and oxygen atoms in total. The third kappa shape index (κ3) is 4.01. The van der Waals surface area contributed by atoms with Gasteiger partial charge in [0, 0.05) is 17.5 Å². The van der Waals surface area contributed by atoms with Crippen LogP contribution in [0, 0.1) is 0 Å². The summed E-state index contributed by atoms with van der Waals surface area (Å²) in [4.78, 5) is 35.9. The molecule has 0 spiro atoms. The molecule has 2 atom stereocenters. The molecule has 0 aliphatic rings. The third-order valence-electron chi connectivity index (χ3n) is 4.34. The first-order valence-corrected chi connectivity index (χ1v) is 8.84. The van der Waals surface area contributed by atoms with Crippen molar-refractivity contribution in [2.24, 2.45) is 0 Å². The molecule has 0 N–H and O–H groups in total. The minimum atomic E-state index is -0.929. The molecule has 1 heterocycles. The number of carbonyl (C=O) groups excluding carboxylic acids is 2. The molecule has 0 fully saturated rings. The van der Waals surface area contributed by atoms with Gasteiger partial charge in [0.2, 0.25) is 0 Å². The van der Waals surface area contributed by atoms with Crippen LogP contribution < -0.4 is 15.1 Å². The number of ether oxygens (including phenoxy) is 4. The predicted molar refractivity (Wildman–Crippen MR) is 104 cm³/mol. The Morgan fingerprint density at radius 2 is 1.48 bits per heavy atom.